The molecule has 7 nitrogen and oxygen atoms in total. The van der Waals surface area contributed by atoms with E-state index >= 15 is 0 Å². The number of hydrogen-bond acceptors (Lipinski definition) is 4. The molecule has 1 fully saturated rings. The molecule has 2 amide bonds. The lowest BCUT2D eigenvalue weighted by molar-refractivity contribution is -0.131. The van der Waals surface area contributed by atoms with E-state index in [4.69, 9.17) is 0 Å². The first kappa shape index (κ1) is 14.7. The van der Waals surface area contributed by atoms with Gasteiger partial charge in [0.2, 0.25) is 5.91 Å². The van der Waals surface area contributed by atoms with E-state index in [2.05, 4.69) is 10.2 Å². The van der Waals surface area contributed by atoms with Gasteiger partial charge in [-0.1, -0.05) is 0 Å². The normalized spacial score (nSPS) is 22.7. The molecule has 0 bridgehead atoms. The minimum absolute atomic E-state index is 0.0313. The Morgan fingerprint density at radius 2 is 2.23 bits per heavy atom. The summed E-state index contributed by atoms with van der Waals surface area (Å²) in [7, 11) is 1.60. The van der Waals surface area contributed by atoms with E-state index < -0.39 is 0 Å². The molecule has 0 N–H and O–H groups in total. The van der Waals surface area contributed by atoms with Crippen LogP contribution in [0.2, 0.25) is 0 Å². The average molecular weight is 303 g/mol. The van der Waals surface area contributed by atoms with Gasteiger partial charge in [0.05, 0.1) is 12.6 Å². The van der Waals surface area contributed by atoms with Crippen molar-refractivity contribution in [3.05, 3.63) is 18.5 Å². The Bertz CT molecular complexity index is 581. The maximum absolute atomic E-state index is 12.8. The quantitative estimate of drug-likeness (QED) is 0.832. The van der Waals surface area contributed by atoms with Gasteiger partial charge >= 0.3 is 0 Å². The number of hydrazone groups is 1. The summed E-state index contributed by atoms with van der Waals surface area (Å²) in [6.45, 7) is 1.46. The van der Waals surface area contributed by atoms with Crippen LogP contribution in [0.5, 0.6) is 0 Å². The Hall–Kier alpha value is -2.18. The van der Waals surface area contributed by atoms with Gasteiger partial charge in [-0.25, -0.2) is 5.01 Å². The molecule has 0 saturated carbocycles. The Morgan fingerprint density at radius 1 is 1.36 bits per heavy atom. The molecule has 0 aliphatic carbocycles. The molecular weight excluding hydrogens is 282 g/mol. The highest BCUT2D eigenvalue weighted by Crippen LogP contribution is 2.20. The van der Waals surface area contributed by atoms with Gasteiger partial charge in [-0.2, -0.15) is 10.2 Å². The van der Waals surface area contributed by atoms with Crippen molar-refractivity contribution in [2.75, 3.05) is 13.6 Å². The van der Waals surface area contributed by atoms with Gasteiger partial charge in [0, 0.05) is 38.8 Å². The molecule has 3 rings (SSSR count). The predicted octanol–water partition coefficient (Wildman–Crippen LogP) is 0.872. The van der Waals surface area contributed by atoms with Crippen molar-refractivity contribution in [2.24, 2.45) is 5.10 Å². The third-order valence-corrected chi connectivity index (χ3v) is 4.30. The molecule has 7 heteroatoms. The fourth-order valence-corrected chi connectivity index (χ4v) is 3.07. The van der Waals surface area contributed by atoms with Crippen molar-refractivity contribution in [1.82, 2.24) is 19.7 Å². The lowest BCUT2D eigenvalue weighted by Gasteiger charge is -2.36. The largest absolute Gasteiger partial charge is 0.333 e. The minimum Gasteiger partial charge on any atom is -0.333 e. The predicted molar refractivity (Wildman–Crippen MR) is 81.0 cm³/mol. The second kappa shape index (κ2) is 6.29. The van der Waals surface area contributed by atoms with E-state index in [1.807, 2.05) is 21.8 Å². The van der Waals surface area contributed by atoms with Crippen molar-refractivity contribution < 1.29 is 9.59 Å². The molecule has 22 heavy (non-hydrogen) atoms. The summed E-state index contributed by atoms with van der Waals surface area (Å²) in [6, 6.07) is 2.03. The van der Waals surface area contributed by atoms with Gasteiger partial charge in [-0.15, -0.1) is 0 Å². The molecular formula is C15H21N5O2. The Balaban J connectivity index is 1.74. The lowest BCUT2D eigenvalue weighted by atomic mass is 10.0. The molecule has 1 aromatic rings. The number of aromatic nitrogens is 2. The fourth-order valence-electron chi connectivity index (χ4n) is 3.07. The molecule has 0 spiro atoms. The standard InChI is InChI=1S/C15H21N5O2/c1-18-14(21)7-6-13(17-18)15(22)20-10-3-2-5-12(20)11-19-9-4-8-16-19/h4,8-9,12H,2-3,5-7,10-11H2,1H3. The minimum atomic E-state index is -0.0386. The van der Waals surface area contributed by atoms with Crippen LogP contribution in [-0.4, -0.2) is 56.8 Å². The van der Waals surface area contributed by atoms with Crippen molar-refractivity contribution in [1.29, 1.82) is 0 Å². The Morgan fingerprint density at radius 3 is 2.95 bits per heavy atom. The van der Waals surface area contributed by atoms with Crippen LogP contribution in [-0.2, 0) is 16.1 Å². The molecule has 3 heterocycles. The highest BCUT2D eigenvalue weighted by Gasteiger charge is 2.32. The smallest absolute Gasteiger partial charge is 0.270 e. The van der Waals surface area contributed by atoms with Crippen LogP contribution >= 0.6 is 0 Å². The van der Waals surface area contributed by atoms with Crippen molar-refractivity contribution >= 4 is 17.5 Å². The highest BCUT2D eigenvalue weighted by atomic mass is 16.2. The van der Waals surface area contributed by atoms with Gasteiger partial charge in [0.25, 0.3) is 5.91 Å². The van der Waals surface area contributed by atoms with E-state index in [9.17, 15) is 9.59 Å². The first-order valence-corrected chi connectivity index (χ1v) is 7.77. The number of amides is 2. The number of carbonyl (C=O) groups is 2. The number of piperidine rings is 1. The van der Waals surface area contributed by atoms with Crippen LogP contribution in [0.3, 0.4) is 0 Å². The molecule has 0 aromatic carbocycles. The zero-order valence-corrected chi connectivity index (χ0v) is 12.8. The Labute approximate surface area is 129 Å². The SMILES string of the molecule is CN1N=C(C(=O)N2CCCCC2Cn2cccn2)CCC1=O. The third kappa shape index (κ3) is 3.03. The fraction of sp³-hybridized carbons (Fsp3) is 0.600. The van der Waals surface area contributed by atoms with Crippen LogP contribution < -0.4 is 0 Å². The van der Waals surface area contributed by atoms with Crippen LogP contribution in [0, 0.1) is 0 Å². The Kier molecular flexibility index (Phi) is 4.22. The number of nitrogens with zero attached hydrogens (tertiary/aromatic N) is 5. The summed E-state index contributed by atoms with van der Waals surface area (Å²) < 4.78 is 1.87. The van der Waals surface area contributed by atoms with Crippen molar-refractivity contribution in [2.45, 2.75) is 44.7 Å². The summed E-state index contributed by atoms with van der Waals surface area (Å²) in [5, 5.41) is 9.67. The number of rotatable bonds is 3. The average Bonchev–Trinajstić information content (AvgIpc) is 3.03. The molecule has 1 saturated heterocycles. The van der Waals surface area contributed by atoms with E-state index in [0.29, 0.717) is 25.1 Å². The lowest BCUT2D eigenvalue weighted by Crippen LogP contribution is -2.49. The van der Waals surface area contributed by atoms with Gasteiger partial charge in [0.1, 0.15) is 5.71 Å². The second-order valence-corrected chi connectivity index (χ2v) is 5.84. The van der Waals surface area contributed by atoms with Gasteiger partial charge in [0.15, 0.2) is 0 Å². The molecule has 1 atom stereocenters. The van der Waals surface area contributed by atoms with Crippen LogP contribution in [0.25, 0.3) is 0 Å². The van der Waals surface area contributed by atoms with Gasteiger partial charge in [-0.3, -0.25) is 14.3 Å². The molecule has 1 unspecified atom stereocenters. The molecule has 1 aromatic heterocycles. The molecule has 2 aliphatic heterocycles. The summed E-state index contributed by atoms with van der Waals surface area (Å²) >= 11 is 0. The topological polar surface area (TPSA) is 70.8 Å². The maximum atomic E-state index is 12.8. The van der Waals surface area contributed by atoms with Crippen molar-refractivity contribution in [3.63, 3.8) is 0 Å². The second-order valence-electron chi connectivity index (χ2n) is 5.84. The van der Waals surface area contributed by atoms with Crippen LogP contribution in [0.1, 0.15) is 32.1 Å². The van der Waals surface area contributed by atoms with Crippen molar-refractivity contribution in [3.8, 4) is 0 Å². The monoisotopic (exact) mass is 303 g/mol. The van der Waals surface area contributed by atoms with E-state index in [-0.39, 0.29) is 17.9 Å². The van der Waals surface area contributed by atoms with E-state index in [0.717, 1.165) is 25.8 Å². The summed E-state index contributed by atoms with van der Waals surface area (Å²) in [6.07, 6.45) is 7.59. The van der Waals surface area contributed by atoms with Crippen LogP contribution in [0.4, 0.5) is 0 Å². The summed E-state index contributed by atoms with van der Waals surface area (Å²) in [5.41, 5.74) is 0.495. The van der Waals surface area contributed by atoms with Crippen LogP contribution in [0.15, 0.2) is 23.6 Å². The summed E-state index contributed by atoms with van der Waals surface area (Å²) in [5.74, 6) is -0.0699. The van der Waals surface area contributed by atoms with E-state index in [1.165, 1.54) is 5.01 Å². The maximum Gasteiger partial charge on any atom is 0.270 e. The first-order valence-electron chi connectivity index (χ1n) is 7.77. The highest BCUT2D eigenvalue weighted by molar-refractivity contribution is 6.39. The van der Waals surface area contributed by atoms with Gasteiger partial charge in [-0.05, 0) is 25.3 Å². The third-order valence-electron chi connectivity index (χ3n) is 4.30. The number of carbonyl (C=O) groups excluding carboxylic acids is 2. The van der Waals surface area contributed by atoms with Gasteiger partial charge < -0.3 is 4.90 Å². The molecule has 118 valence electrons. The molecule has 2 aliphatic rings. The van der Waals surface area contributed by atoms with E-state index in [1.54, 1.807) is 13.2 Å². The zero-order chi connectivity index (χ0) is 15.5. The molecule has 0 radical (unpaired) electrons. The zero-order valence-electron chi connectivity index (χ0n) is 12.8. The number of likely N-dealkylation sites (tertiary alicyclic amines) is 1. The first-order chi connectivity index (χ1) is 10.6. The number of hydrogen-bond donors (Lipinski definition) is 0. The summed E-state index contributed by atoms with van der Waals surface area (Å²) in [4.78, 5) is 26.2.